The minimum absolute atomic E-state index is 1.27. The molecule has 0 spiro atoms. The molecule has 0 radical (unpaired) electrons. The molecule has 0 heterocycles. The third-order valence-electron chi connectivity index (χ3n) is 3.29. The van der Waals surface area contributed by atoms with E-state index in [2.05, 4.69) is 96.6 Å². The van der Waals surface area contributed by atoms with E-state index in [1.165, 1.54) is 26.5 Å². The molecular formula is C18H13Li. The summed E-state index contributed by atoms with van der Waals surface area (Å²) in [6.45, 7) is 0. The first-order valence-electron chi connectivity index (χ1n) is 6.55. The topological polar surface area (TPSA) is 0 Å². The maximum atomic E-state index is 2.26. The second kappa shape index (κ2) is 5.49. The van der Waals surface area contributed by atoms with Crippen molar-refractivity contribution in [3.8, 4) is 22.3 Å². The van der Waals surface area contributed by atoms with Crippen molar-refractivity contribution in [2.75, 3.05) is 0 Å². The first-order valence-corrected chi connectivity index (χ1v) is 6.55. The zero-order valence-corrected chi connectivity index (χ0v) is 11.0. The first kappa shape index (κ1) is 12.3. The van der Waals surface area contributed by atoms with E-state index in [9.17, 15) is 0 Å². The summed E-state index contributed by atoms with van der Waals surface area (Å²) >= 11 is 2.15. The number of benzene rings is 3. The van der Waals surface area contributed by atoms with Gasteiger partial charge in [-0.2, -0.15) is 0 Å². The Morgan fingerprint density at radius 2 is 0.895 bits per heavy atom. The van der Waals surface area contributed by atoms with Crippen molar-refractivity contribution >= 4 is 22.0 Å². The van der Waals surface area contributed by atoms with Crippen LogP contribution in [0.1, 0.15) is 0 Å². The van der Waals surface area contributed by atoms with Crippen molar-refractivity contribution < 1.29 is 0 Å². The summed E-state index contributed by atoms with van der Waals surface area (Å²) in [7, 11) is 0. The van der Waals surface area contributed by atoms with Gasteiger partial charge in [-0.25, -0.2) is 0 Å². The maximum absolute atomic E-state index is 2.26. The van der Waals surface area contributed by atoms with Gasteiger partial charge in [0.15, 0.2) is 0 Å². The van der Waals surface area contributed by atoms with Gasteiger partial charge in [0.2, 0.25) is 0 Å². The van der Waals surface area contributed by atoms with Gasteiger partial charge in [-0.3, -0.25) is 0 Å². The van der Waals surface area contributed by atoms with Crippen molar-refractivity contribution in [2.24, 2.45) is 0 Å². The molecule has 86 valence electrons. The van der Waals surface area contributed by atoms with Crippen LogP contribution in [0.2, 0.25) is 0 Å². The number of hydrogen-bond donors (Lipinski definition) is 0. The van der Waals surface area contributed by atoms with Gasteiger partial charge in [0, 0.05) is 0 Å². The van der Waals surface area contributed by atoms with Crippen LogP contribution in [0.5, 0.6) is 0 Å². The van der Waals surface area contributed by atoms with Gasteiger partial charge in [-0.15, -0.1) is 0 Å². The standard InChI is InChI=1S/C18H13.Li/c1-3-8-15(9-4-1)17-12-7-13-18(14-17)16-10-5-2-6-11-16;/h1-6,8-14H;. The van der Waals surface area contributed by atoms with Gasteiger partial charge in [0.25, 0.3) is 0 Å². The van der Waals surface area contributed by atoms with E-state index in [4.69, 9.17) is 0 Å². The van der Waals surface area contributed by atoms with Gasteiger partial charge < -0.3 is 0 Å². The van der Waals surface area contributed by atoms with Crippen LogP contribution in [0, 0.1) is 0 Å². The van der Waals surface area contributed by atoms with Gasteiger partial charge in [0.05, 0.1) is 0 Å². The third kappa shape index (κ3) is 2.82. The summed E-state index contributed by atoms with van der Waals surface area (Å²) in [5.41, 5.74) is 5.09. The summed E-state index contributed by atoms with van der Waals surface area (Å²) < 4.78 is 1.29. The Morgan fingerprint density at radius 3 is 1.32 bits per heavy atom. The molecule has 0 saturated heterocycles. The van der Waals surface area contributed by atoms with Crippen LogP contribution in [0.4, 0.5) is 0 Å². The molecule has 0 unspecified atom stereocenters. The van der Waals surface area contributed by atoms with E-state index in [0.717, 1.165) is 0 Å². The van der Waals surface area contributed by atoms with Crippen LogP contribution in [-0.4, -0.2) is 17.7 Å². The van der Waals surface area contributed by atoms with Crippen molar-refractivity contribution in [3.05, 3.63) is 78.9 Å². The Labute approximate surface area is 123 Å². The van der Waals surface area contributed by atoms with Crippen LogP contribution in [0.3, 0.4) is 0 Å². The van der Waals surface area contributed by atoms with E-state index in [1.807, 2.05) is 0 Å². The molecule has 0 nitrogen and oxygen atoms in total. The van der Waals surface area contributed by atoms with Crippen molar-refractivity contribution in [1.29, 1.82) is 0 Å². The summed E-state index contributed by atoms with van der Waals surface area (Å²) in [6.07, 6.45) is 0. The predicted octanol–water partition coefficient (Wildman–Crippen LogP) is 3.81. The molecule has 0 aliphatic carbocycles. The molecule has 0 fully saturated rings. The van der Waals surface area contributed by atoms with E-state index < -0.39 is 0 Å². The van der Waals surface area contributed by atoms with Gasteiger partial charge in [0.1, 0.15) is 0 Å². The molecule has 0 bridgehead atoms. The molecule has 1 heteroatoms. The zero-order valence-electron chi connectivity index (χ0n) is 11.0. The van der Waals surface area contributed by atoms with Crippen molar-refractivity contribution in [1.82, 2.24) is 0 Å². The number of hydrogen-bond acceptors (Lipinski definition) is 0. The molecule has 0 saturated carbocycles. The molecule has 0 aromatic heterocycles. The third-order valence-corrected chi connectivity index (χ3v) is 3.29. The fraction of sp³-hybridized carbons (Fsp3) is 0. The molecule has 0 aliphatic heterocycles. The second-order valence-electron chi connectivity index (χ2n) is 4.82. The molecular weight excluding hydrogens is 223 g/mol. The molecule has 0 N–H and O–H groups in total. The molecule has 0 atom stereocenters. The minimum atomic E-state index is 1.27. The molecule has 3 aromatic rings. The molecule has 19 heavy (non-hydrogen) atoms. The monoisotopic (exact) mass is 236 g/mol. The quantitative estimate of drug-likeness (QED) is 0.593. The predicted molar refractivity (Wildman–Crippen MR) is 82.7 cm³/mol. The van der Waals surface area contributed by atoms with Crippen LogP contribution >= 0.6 is 0 Å². The van der Waals surface area contributed by atoms with Crippen LogP contribution in [0.15, 0.2) is 78.9 Å². The fourth-order valence-corrected chi connectivity index (χ4v) is 2.38. The average molecular weight is 236 g/mol. The van der Waals surface area contributed by atoms with Crippen LogP contribution in [0.25, 0.3) is 22.3 Å². The summed E-state index contributed by atoms with van der Waals surface area (Å²) in [6, 6.07) is 27.8. The number of rotatable bonds is 2. The summed E-state index contributed by atoms with van der Waals surface area (Å²) in [4.78, 5) is 0. The molecule has 0 aliphatic rings. The molecule has 0 amide bonds. The van der Waals surface area contributed by atoms with Crippen molar-refractivity contribution in [2.45, 2.75) is 0 Å². The Kier molecular flexibility index (Phi) is 3.55. The average Bonchev–Trinajstić information content (AvgIpc) is 2.48. The first-order chi connectivity index (χ1) is 9.33. The Balaban J connectivity index is 2.12. The van der Waals surface area contributed by atoms with E-state index in [0.29, 0.717) is 0 Å². The summed E-state index contributed by atoms with van der Waals surface area (Å²) in [5.74, 6) is 0. The molecule has 3 rings (SSSR count). The van der Waals surface area contributed by atoms with E-state index >= 15 is 0 Å². The molecule has 3 aromatic carbocycles. The normalized spacial score (nSPS) is 10.4. The van der Waals surface area contributed by atoms with E-state index in [1.54, 1.807) is 0 Å². The van der Waals surface area contributed by atoms with Gasteiger partial charge in [-0.05, 0) is 0 Å². The van der Waals surface area contributed by atoms with Crippen LogP contribution in [-0.2, 0) is 0 Å². The second-order valence-corrected chi connectivity index (χ2v) is 4.82. The Morgan fingerprint density at radius 1 is 0.474 bits per heavy atom. The van der Waals surface area contributed by atoms with E-state index in [-0.39, 0.29) is 0 Å². The zero-order chi connectivity index (χ0) is 13.1. The van der Waals surface area contributed by atoms with Crippen molar-refractivity contribution in [3.63, 3.8) is 0 Å². The van der Waals surface area contributed by atoms with Crippen LogP contribution < -0.4 is 4.24 Å². The fourth-order valence-electron chi connectivity index (χ4n) is 2.38. The summed E-state index contributed by atoms with van der Waals surface area (Å²) in [5, 5.41) is 0. The Bertz CT molecular complexity index is 615. The SMILES string of the molecule is [Li][c]1cc(-c2ccccc2)cc(-c2ccccc2)c1. The van der Waals surface area contributed by atoms with Gasteiger partial charge >= 0.3 is 123 Å². The Hall–Kier alpha value is -1.74. The van der Waals surface area contributed by atoms with Gasteiger partial charge in [-0.1, -0.05) is 0 Å².